The van der Waals surface area contributed by atoms with Gasteiger partial charge in [0.25, 0.3) is 0 Å². The molecule has 1 aromatic heterocycles. The van der Waals surface area contributed by atoms with Gasteiger partial charge in [-0.2, -0.15) is 0 Å². The molecule has 0 fully saturated rings. The van der Waals surface area contributed by atoms with Crippen molar-refractivity contribution in [3.63, 3.8) is 0 Å². The van der Waals surface area contributed by atoms with Gasteiger partial charge in [0.2, 0.25) is 0 Å². The third kappa shape index (κ3) is 2.37. The minimum atomic E-state index is -1.41. The molecule has 4 nitrogen and oxygen atoms in total. The molecule has 98 valence electrons. The number of aromatic nitrogens is 1. The lowest BCUT2D eigenvalue weighted by molar-refractivity contribution is 0.0687. The Morgan fingerprint density at radius 3 is 2.26 bits per heavy atom. The fourth-order valence-electron chi connectivity index (χ4n) is 1.51. The van der Waals surface area contributed by atoms with E-state index in [0.29, 0.717) is 11.3 Å². The summed E-state index contributed by atoms with van der Waals surface area (Å²) in [4.78, 5) is 25.8. The van der Waals surface area contributed by atoms with Gasteiger partial charge in [0.15, 0.2) is 11.5 Å². The van der Waals surface area contributed by atoms with Crippen LogP contribution in [0, 0.1) is 11.6 Å². The molecule has 2 aromatic rings. The van der Waals surface area contributed by atoms with Gasteiger partial charge in [0.05, 0.1) is 5.56 Å². The number of benzene rings is 1. The van der Waals surface area contributed by atoms with Gasteiger partial charge in [-0.05, 0) is 12.1 Å². The molecule has 1 aromatic carbocycles. The zero-order chi connectivity index (χ0) is 14.2. The first-order chi connectivity index (χ1) is 8.91. The number of halogens is 2. The van der Waals surface area contributed by atoms with Crippen LogP contribution in [0.4, 0.5) is 8.78 Å². The van der Waals surface area contributed by atoms with Crippen molar-refractivity contribution in [3.8, 4) is 10.6 Å². The molecular weight excluding hydrogens is 276 g/mol. The molecule has 0 aliphatic heterocycles. The van der Waals surface area contributed by atoms with E-state index in [2.05, 4.69) is 4.98 Å². The van der Waals surface area contributed by atoms with E-state index in [-0.39, 0.29) is 9.88 Å². The number of ketones is 1. The zero-order valence-electron chi connectivity index (χ0n) is 9.61. The number of nitrogens with zero attached hydrogens (tertiary/aromatic N) is 1. The summed E-state index contributed by atoms with van der Waals surface area (Å²) in [5, 5.41) is 8.75. The largest absolute Gasteiger partial charge is 0.476 e. The molecule has 0 spiro atoms. The Morgan fingerprint density at radius 2 is 1.84 bits per heavy atom. The standard InChI is InChI=1S/C12H7F2NO3S/c1-5(16)10-9(12(17)18)15-11(19-10)8-6(13)3-2-4-7(8)14/h2-4H,1H3,(H,17,18). The van der Waals surface area contributed by atoms with Gasteiger partial charge in [-0.25, -0.2) is 18.6 Å². The Bertz CT molecular complexity index is 630. The maximum Gasteiger partial charge on any atom is 0.356 e. The summed E-state index contributed by atoms with van der Waals surface area (Å²) in [5.74, 6) is -3.65. The summed E-state index contributed by atoms with van der Waals surface area (Å²) in [7, 11) is 0. The van der Waals surface area contributed by atoms with Crippen LogP contribution in [0.2, 0.25) is 0 Å². The average molecular weight is 283 g/mol. The highest BCUT2D eigenvalue weighted by molar-refractivity contribution is 7.17. The van der Waals surface area contributed by atoms with Gasteiger partial charge < -0.3 is 5.11 Å². The van der Waals surface area contributed by atoms with E-state index in [9.17, 15) is 18.4 Å². The smallest absolute Gasteiger partial charge is 0.356 e. The molecule has 1 N–H and O–H groups in total. The van der Waals surface area contributed by atoms with Gasteiger partial charge >= 0.3 is 5.97 Å². The van der Waals surface area contributed by atoms with Crippen molar-refractivity contribution in [1.82, 2.24) is 4.98 Å². The number of hydrogen-bond acceptors (Lipinski definition) is 4. The van der Waals surface area contributed by atoms with E-state index in [4.69, 9.17) is 5.11 Å². The lowest BCUT2D eigenvalue weighted by Gasteiger charge is -1.99. The van der Waals surface area contributed by atoms with Crippen molar-refractivity contribution in [2.75, 3.05) is 0 Å². The van der Waals surface area contributed by atoms with Crippen LogP contribution in [-0.4, -0.2) is 21.8 Å². The third-order valence-electron chi connectivity index (χ3n) is 2.33. The summed E-state index contributed by atoms with van der Waals surface area (Å²) in [6, 6.07) is 3.26. The van der Waals surface area contributed by atoms with Crippen LogP contribution in [0.25, 0.3) is 10.6 Å². The minimum Gasteiger partial charge on any atom is -0.476 e. The highest BCUT2D eigenvalue weighted by Gasteiger charge is 2.24. The fourth-order valence-corrected chi connectivity index (χ4v) is 2.51. The second-order valence-electron chi connectivity index (χ2n) is 3.65. The number of carboxylic acid groups (broad SMARTS) is 1. The van der Waals surface area contributed by atoms with Gasteiger partial charge in [-0.3, -0.25) is 4.79 Å². The van der Waals surface area contributed by atoms with Crippen molar-refractivity contribution in [2.24, 2.45) is 0 Å². The molecule has 0 saturated heterocycles. The molecule has 0 saturated carbocycles. The molecule has 0 bridgehead atoms. The average Bonchev–Trinajstić information content (AvgIpc) is 2.73. The van der Waals surface area contributed by atoms with E-state index >= 15 is 0 Å². The molecule has 0 aliphatic carbocycles. The predicted molar refractivity (Wildman–Crippen MR) is 64.4 cm³/mol. The number of hydrogen-bond donors (Lipinski definition) is 1. The van der Waals surface area contributed by atoms with Crippen LogP contribution in [0.3, 0.4) is 0 Å². The van der Waals surface area contributed by atoms with E-state index in [1.54, 1.807) is 0 Å². The number of Topliss-reactive ketones (excluding diaryl/α,β-unsaturated/α-hetero) is 1. The lowest BCUT2D eigenvalue weighted by atomic mass is 10.2. The first-order valence-electron chi connectivity index (χ1n) is 5.11. The van der Waals surface area contributed by atoms with E-state index in [0.717, 1.165) is 12.1 Å². The van der Waals surface area contributed by atoms with Gasteiger partial charge in [0, 0.05) is 6.92 Å². The Kier molecular flexibility index (Phi) is 3.39. The van der Waals surface area contributed by atoms with Crippen LogP contribution >= 0.6 is 11.3 Å². The molecule has 0 aliphatic rings. The highest BCUT2D eigenvalue weighted by atomic mass is 32.1. The lowest BCUT2D eigenvalue weighted by Crippen LogP contribution is -2.03. The topological polar surface area (TPSA) is 67.3 Å². The van der Waals surface area contributed by atoms with E-state index < -0.39 is 34.6 Å². The number of aromatic carboxylic acids is 1. The van der Waals surface area contributed by atoms with E-state index in [1.807, 2.05) is 0 Å². The van der Waals surface area contributed by atoms with Crippen LogP contribution in [0.15, 0.2) is 18.2 Å². The Labute approximate surface area is 110 Å². The van der Waals surface area contributed by atoms with Crippen LogP contribution < -0.4 is 0 Å². The van der Waals surface area contributed by atoms with Crippen LogP contribution in [-0.2, 0) is 0 Å². The monoisotopic (exact) mass is 283 g/mol. The van der Waals surface area contributed by atoms with Crippen LogP contribution in [0.1, 0.15) is 27.1 Å². The molecule has 19 heavy (non-hydrogen) atoms. The van der Waals surface area contributed by atoms with Gasteiger partial charge in [-0.15, -0.1) is 11.3 Å². The second kappa shape index (κ2) is 4.85. The predicted octanol–water partition coefficient (Wildman–Crippen LogP) is 2.99. The number of thiazole rings is 1. The number of carbonyl (C=O) groups excluding carboxylic acids is 1. The van der Waals surface area contributed by atoms with Gasteiger partial charge in [0.1, 0.15) is 21.5 Å². The molecule has 2 rings (SSSR count). The van der Waals surface area contributed by atoms with Crippen molar-refractivity contribution in [1.29, 1.82) is 0 Å². The first-order valence-corrected chi connectivity index (χ1v) is 5.93. The number of rotatable bonds is 3. The third-order valence-corrected chi connectivity index (χ3v) is 3.50. The number of carbonyl (C=O) groups is 2. The summed E-state index contributed by atoms with van der Waals surface area (Å²) in [6.07, 6.45) is 0. The van der Waals surface area contributed by atoms with Crippen molar-refractivity contribution in [2.45, 2.75) is 6.92 Å². The summed E-state index contributed by atoms with van der Waals surface area (Å²) in [6.45, 7) is 1.17. The summed E-state index contributed by atoms with van der Waals surface area (Å²) < 4.78 is 27.1. The maximum absolute atomic E-state index is 13.6. The van der Waals surface area contributed by atoms with Gasteiger partial charge in [-0.1, -0.05) is 6.07 Å². The molecule has 0 amide bonds. The Balaban J connectivity index is 2.68. The fraction of sp³-hybridized carbons (Fsp3) is 0.0833. The Hall–Kier alpha value is -2.15. The van der Waals surface area contributed by atoms with Crippen molar-refractivity contribution < 1.29 is 23.5 Å². The van der Waals surface area contributed by atoms with Crippen LogP contribution in [0.5, 0.6) is 0 Å². The quantitative estimate of drug-likeness (QED) is 0.879. The Morgan fingerprint density at radius 1 is 1.26 bits per heavy atom. The first kappa shape index (κ1) is 13.3. The second-order valence-corrected chi connectivity index (χ2v) is 4.65. The maximum atomic E-state index is 13.6. The molecule has 0 unspecified atom stereocenters. The molecule has 0 atom stereocenters. The summed E-state index contributed by atoms with van der Waals surface area (Å²) in [5.41, 5.74) is -0.919. The van der Waals surface area contributed by atoms with Crippen molar-refractivity contribution >= 4 is 23.1 Å². The summed E-state index contributed by atoms with van der Waals surface area (Å²) >= 11 is 0.656. The van der Waals surface area contributed by atoms with E-state index in [1.165, 1.54) is 13.0 Å². The molecule has 0 radical (unpaired) electrons. The zero-order valence-corrected chi connectivity index (χ0v) is 10.4. The molecule has 7 heteroatoms. The SMILES string of the molecule is CC(=O)c1sc(-c2c(F)cccc2F)nc1C(=O)O. The van der Waals surface area contributed by atoms with Crippen molar-refractivity contribution in [3.05, 3.63) is 40.4 Å². The number of carboxylic acids is 1. The normalized spacial score (nSPS) is 10.5. The molecular formula is C12H7F2NO3S. The minimum absolute atomic E-state index is 0.134. The highest BCUT2D eigenvalue weighted by Crippen LogP contribution is 2.32. The molecule has 1 heterocycles.